The van der Waals surface area contributed by atoms with Crippen molar-refractivity contribution in [3.63, 3.8) is 0 Å². The fourth-order valence-electron chi connectivity index (χ4n) is 0.448. The van der Waals surface area contributed by atoms with Gasteiger partial charge in [-0.2, -0.15) is 0 Å². The van der Waals surface area contributed by atoms with E-state index in [1.807, 2.05) is 0 Å². The Morgan fingerprint density at radius 2 is 2.10 bits per heavy atom. The minimum absolute atomic E-state index is 0.0306. The molecule has 0 heterocycles. The lowest BCUT2D eigenvalue weighted by Crippen LogP contribution is -2.55. The highest BCUT2D eigenvalue weighted by Gasteiger charge is 2.33. The van der Waals surface area contributed by atoms with Crippen molar-refractivity contribution in [3.05, 3.63) is 0 Å². The predicted molar refractivity (Wildman–Crippen MR) is 34.6 cm³/mol. The van der Waals surface area contributed by atoms with Crippen LogP contribution in [0.4, 0.5) is 0 Å². The Morgan fingerprint density at radius 1 is 1.70 bits per heavy atom. The van der Waals surface area contributed by atoms with Crippen molar-refractivity contribution in [2.75, 3.05) is 0 Å². The number of hydrogen-bond acceptors (Lipinski definition) is 4. The van der Waals surface area contributed by atoms with Crippen LogP contribution in [-0.4, -0.2) is 27.9 Å². The molecule has 0 aliphatic rings. The fraction of sp³-hybridized carbons (Fsp3) is 0.800. The topological polar surface area (TPSA) is 110 Å². The van der Waals surface area contributed by atoms with E-state index in [0.717, 1.165) is 0 Å². The van der Waals surface area contributed by atoms with Gasteiger partial charge in [-0.3, -0.25) is 4.79 Å². The summed E-state index contributed by atoms with van der Waals surface area (Å²) < 4.78 is 0. The summed E-state index contributed by atoms with van der Waals surface area (Å²) in [6.07, 6.45) is -0.0306. The van der Waals surface area contributed by atoms with Gasteiger partial charge in [0.1, 0.15) is 6.04 Å². The number of hydrogen-bond donors (Lipinski definition) is 4. The van der Waals surface area contributed by atoms with Crippen LogP contribution >= 0.6 is 0 Å². The zero-order valence-electron chi connectivity index (χ0n) is 5.74. The van der Waals surface area contributed by atoms with Gasteiger partial charge in [-0.25, -0.2) is 0 Å². The van der Waals surface area contributed by atoms with Crippen molar-refractivity contribution in [1.29, 1.82) is 0 Å². The highest BCUT2D eigenvalue weighted by atomic mass is 16.5. The molecule has 6 N–H and O–H groups in total. The normalized spacial score (nSPS) is 14.8. The van der Waals surface area contributed by atoms with Gasteiger partial charge in [0.25, 0.3) is 0 Å². The summed E-state index contributed by atoms with van der Waals surface area (Å²) in [5, 5.41) is 17.8. The SMILES string of the molecule is CCC(O)(O)C(N)C(N)=O. The summed E-state index contributed by atoms with van der Waals surface area (Å²) >= 11 is 0. The smallest absolute Gasteiger partial charge is 0.239 e. The molecule has 0 aliphatic heterocycles. The summed E-state index contributed by atoms with van der Waals surface area (Å²) in [5.74, 6) is -3.10. The fourth-order valence-corrected chi connectivity index (χ4v) is 0.448. The third-order valence-electron chi connectivity index (χ3n) is 1.32. The predicted octanol–water partition coefficient (Wildman–Crippen LogP) is -2.11. The Balaban J connectivity index is 4.17. The van der Waals surface area contributed by atoms with Gasteiger partial charge in [-0.1, -0.05) is 6.92 Å². The van der Waals surface area contributed by atoms with E-state index in [9.17, 15) is 4.79 Å². The molecule has 10 heavy (non-hydrogen) atoms. The average Bonchev–Trinajstić information content (AvgIpc) is 1.86. The monoisotopic (exact) mass is 148 g/mol. The van der Waals surface area contributed by atoms with Gasteiger partial charge in [0.05, 0.1) is 0 Å². The summed E-state index contributed by atoms with van der Waals surface area (Å²) in [7, 11) is 0. The Labute approximate surface area is 58.6 Å². The Kier molecular flexibility index (Phi) is 2.77. The maximum absolute atomic E-state index is 10.3. The number of amides is 1. The Morgan fingerprint density at radius 3 is 2.20 bits per heavy atom. The molecule has 0 aromatic rings. The zero-order chi connectivity index (χ0) is 8.36. The van der Waals surface area contributed by atoms with E-state index in [4.69, 9.17) is 21.7 Å². The van der Waals surface area contributed by atoms with E-state index in [1.54, 1.807) is 0 Å². The van der Waals surface area contributed by atoms with E-state index in [2.05, 4.69) is 0 Å². The van der Waals surface area contributed by atoms with Crippen molar-refractivity contribution in [3.8, 4) is 0 Å². The van der Waals surface area contributed by atoms with Crippen LogP contribution in [0.1, 0.15) is 13.3 Å². The van der Waals surface area contributed by atoms with Crippen LogP contribution in [0, 0.1) is 0 Å². The molecule has 0 bridgehead atoms. The number of carbonyl (C=O) groups excluding carboxylic acids is 1. The Hall–Kier alpha value is -0.650. The maximum atomic E-state index is 10.3. The second-order valence-electron chi connectivity index (χ2n) is 2.11. The van der Waals surface area contributed by atoms with Crippen molar-refractivity contribution in [1.82, 2.24) is 0 Å². The van der Waals surface area contributed by atoms with Crippen LogP contribution in [0.3, 0.4) is 0 Å². The molecule has 0 radical (unpaired) electrons. The largest absolute Gasteiger partial charge is 0.368 e. The van der Waals surface area contributed by atoms with Gasteiger partial charge in [0.15, 0.2) is 5.79 Å². The number of rotatable bonds is 3. The van der Waals surface area contributed by atoms with Crippen molar-refractivity contribution < 1.29 is 15.0 Å². The standard InChI is InChI=1S/C5H12N2O3/c1-2-5(9,10)3(6)4(7)8/h3,9-10H,2,6H2,1H3,(H2,7,8). The number of primary amides is 1. The molecule has 0 fully saturated rings. The maximum Gasteiger partial charge on any atom is 0.239 e. The lowest BCUT2D eigenvalue weighted by atomic mass is 10.1. The van der Waals surface area contributed by atoms with Crippen LogP contribution in [0.25, 0.3) is 0 Å². The minimum Gasteiger partial charge on any atom is -0.368 e. The minimum atomic E-state index is -2.17. The highest BCUT2D eigenvalue weighted by Crippen LogP contribution is 2.07. The first-order chi connectivity index (χ1) is 4.41. The van der Waals surface area contributed by atoms with E-state index < -0.39 is 17.7 Å². The second kappa shape index (κ2) is 2.96. The van der Waals surface area contributed by atoms with Crippen LogP contribution in [-0.2, 0) is 4.79 Å². The van der Waals surface area contributed by atoms with E-state index in [0.29, 0.717) is 0 Å². The first kappa shape index (κ1) is 9.35. The summed E-state index contributed by atoms with van der Waals surface area (Å²) in [5.41, 5.74) is 9.74. The van der Waals surface area contributed by atoms with E-state index >= 15 is 0 Å². The van der Waals surface area contributed by atoms with Gasteiger partial charge >= 0.3 is 0 Å². The van der Waals surface area contributed by atoms with Crippen LogP contribution in [0.2, 0.25) is 0 Å². The molecule has 60 valence electrons. The third kappa shape index (κ3) is 1.94. The average molecular weight is 148 g/mol. The zero-order valence-corrected chi connectivity index (χ0v) is 5.74. The molecular weight excluding hydrogens is 136 g/mol. The molecule has 1 atom stereocenters. The van der Waals surface area contributed by atoms with Gasteiger partial charge in [0.2, 0.25) is 5.91 Å². The van der Waals surface area contributed by atoms with Crippen LogP contribution < -0.4 is 11.5 Å². The molecule has 5 nitrogen and oxygen atoms in total. The molecule has 0 saturated carbocycles. The summed E-state index contributed by atoms with van der Waals surface area (Å²) in [6.45, 7) is 1.49. The van der Waals surface area contributed by atoms with Crippen molar-refractivity contribution >= 4 is 5.91 Å². The highest BCUT2D eigenvalue weighted by molar-refractivity contribution is 5.80. The van der Waals surface area contributed by atoms with Crippen LogP contribution in [0.5, 0.6) is 0 Å². The van der Waals surface area contributed by atoms with Gasteiger partial charge in [-0.05, 0) is 0 Å². The first-order valence-electron chi connectivity index (χ1n) is 2.91. The molecule has 5 heteroatoms. The summed E-state index contributed by atoms with van der Waals surface area (Å²) in [4.78, 5) is 10.3. The molecule has 0 saturated heterocycles. The van der Waals surface area contributed by atoms with Gasteiger partial charge in [0, 0.05) is 6.42 Å². The quantitative estimate of drug-likeness (QED) is 0.343. The lowest BCUT2D eigenvalue weighted by molar-refractivity contribution is -0.181. The molecule has 0 spiro atoms. The molecule has 0 rings (SSSR count). The first-order valence-corrected chi connectivity index (χ1v) is 2.91. The van der Waals surface area contributed by atoms with Gasteiger partial charge < -0.3 is 21.7 Å². The van der Waals surface area contributed by atoms with Crippen LogP contribution in [0.15, 0.2) is 0 Å². The van der Waals surface area contributed by atoms with Crippen molar-refractivity contribution in [2.24, 2.45) is 11.5 Å². The molecule has 0 aliphatic carbocycles. The third-order valence-corrected chi connectivity index (χ3v) is 1.32. The number of carbonyl (C=O) groups is 1. The molecular formula is C5H12N2O3. The summed E-state index contributed by atoms with van der Waals surface area (Å²) in [6, 6.07) is -1.42. The number of aliphatic hydroxyl groups is 2. The molecule has 0 aromatic carbocycles. The molecule has 1 amide bonds. The van der Waals surface area contributed by atoms with Crippen molar-refractivity contribution in [2.45, 2.75) is 25.2 Å². The Bertz CT molecular complexity index is 135. The van der Waals surface area contributed by atoms with Gasteiger partial charge in [-0.15, -0.1) is 0 Å². The van der Waals surface area contributed by atoms with E-state index in [-0.39, 0.29) is 6.42 Å². The molecule has 1 unspecified atom stereocenters. The lowest BCUT2D eigenvalue weighted by Gasteiger charge is -2.24. The number of nitrogens with two attached hydrogens (primary N) is 2. The van der Waals surface area contributed by atoms with E-state index in [1.165, 1.54) is 6.92 Å². The molecule has 0 aromatic heterocycles. The second-order valence-corrected chi connectivity index (χ2v) is 2.11.